The van der Waals surface area contributed by atoms with Gasteiger partial charge < -0.3 is 9.88 Å². The van der Waals surface area contributed by atoms with Crippen LogP contribution in [0.5, 0.6) is 0 Å². The number of hydrogen-bond acceptors (Lipinski definition) is 6. The summed E-state index contributed by atoms with van der Waals surface area (Å²) in [6, 6.07) is 1.59. The Hall–Kier alpha value is -2.89. The van der Waals surface area contributed by atoms with E-state index < -0.39 is 11.2 Å². The first-order valence-electron chi connectivity index (χ1n) is 7.84. The van der Waals surface area contributed by atoms with Crippen molar-refractivity contribution in [3.05, 3.63) is 38.1 Å². The Labute approximate surface area is 138 Å². The van der Waals surface area contributed by atoms with E-state index in [0.29, 0.717) is 0 Å². The highest BCUT2D eigenvalue weighted by molar-refractivity contribution is 5.52. The van der Waals surface area contributed by atoms with Crippen molar-refractivity contribution in [2.24, 2.45) is 14.1 Å². The van der Waals surface area contributed by atoms with E-state index in [-0.39, 0.29) is 17.4 Å². The lowest BCUT2D eigenvalue weighted by molar-refractivity contribution is 0.500. The summed E-state index contributed by atoms with van der Waals surface area (Å²) in [6.45, 7) is 2.72. The van der Waals surface area contributed by atoms with Crippen LogP contribution in [-0.2, 0) is 27.1 Å². The van der Waals surface area contributed by atoms with Gasteiger partial charge in [0.1, 0.15) is 17.7 Å². The highest BCUT2D eigenvalue weighted by Crippen LogP contribution is 2.22. The van der Waals surface area contributed by atoms with Crippen LogP contribution >= 0.6 is 0 Å². The maximum atomic E-state index is 12.1. The van der Waals surface area contributed by atoms with Crippen LogP contribution in [0.25, 0.3) is 0 Å². The summed E-state index contributed by atoms with van der Waals surface area (Å²) in [7, 11) is 2.88. The zero-order valence-electron chi connectivity index (χ0n) is 13.9. The molecule has 3 rings (SSSR count). The third-order valence-electron chi connectivity index (χ3n) is 4.41. The monoisotopic (exact) mass is 329 g/mol. The second-order valence-electron chi connectivity index (χ2n) is 5.99. The Balaban J connectivity index is 2.03. The van der Waals surface area contributed by atoms with Gasteiger partial charge in [0.25, 0.3) is 5.56 Å². The van der Waals surface area contributed by atoms with E-state index in [1.54, 1.807) is 0 Å². The van der Waals surface area contributed by atoms with Gasteiger partial charge in [-0.2, -0.15) is 5.26 Å². The van der Waals surface area contributed by atoms with Gasteiger partial charge in [-0.25, -0.2) is 4.79 Å². The Morgan fingerprint density at radius 3 is 2.67 bits per heavy atom. The van der Waals surface area contributed by atoms with Gasteiger partial charge in [0.15, 0.2) is 11.4 Å². The molecule has 0 saturated carbocycles. The van der Waals surface area contributed by atoms with Gasteiger partial charge in [-0.3, -0.25) is 13.9 Å². The van der Waals surface area contributed by atoms with Crippen molar-refractivity contribution in [1.82, 2.24) is 23.9 Å². The van der Waals surface area contributed by atoms with E-state index in [9.17, 15) is 14.9 Å². The molecule has 2 aromatic rings. The molecule has 0 fully saturated rings. The summed E-state index contributed by atoms with van der Waals surface area (Å²) in [5.74, 6) is 1.89. The van der Waals surface area contributed by atoms with Gasteiger partial charge in [0.2, 0.25) is 0 Å². The van der Waals surface area contributed by atoms with Crippen LogP contribution in [-0.4, -0.2) is 23.9 Å². The number of aromatic nitrogens is 5. The zero-order chi connectivity index (χ0) is 17.4. The molecule has 1 N–H and O–H groups in total. The fourth-order valence-electron chi connectivity index (χ4n) is 3.03. The lowest BCUT2D eigenvalue weighted by Gasteiger charge is -2.21. The van der Waals surface area contributed by atoms with E-state index in [0.717, 1.165) is 42.0 Å². The van der Waals surface area contributed by atoms with Crippen molar-refractivity contribution in [2.45, 2.75) is 38.8 Å². The first-order chi connectivity index (χ1) is 11.5. The maximum Gasteiger partial charge on any atom is 0.332 e. The zero-order valence-corrected chi connectivity index (χ0v) is 13.9. The number of hydrogen-bond donors (Lipinski definition) is 1. The van der Waals surface area contributed by atoms with Crippen LogP contribution < -0.4 is 16.6 Å². The second kappa shape index (κ2) is 5.96. The molecule has 0 saturated heterocycles. The van der Waals surface area contributed by atoms with Crippen molar-refractivity contribution in [2.75, 3.05) is 5.32 Å². The molecule has 1 atom stereocenters. The van der Waals surface area contributed by atoms with Crippen molar-refractivity contribution in [1.29, 1.82) is 5.26 Å². The van der Waals surface area contributed by atoms with E-state index in [1.165, 1.54) is 18.7 Å². The molecule has 9 nitrogen and oxygen atoms in total. The molecule has 1 aliphatic rings. The quantitative estimate of drug-likeness (QED) is 0.852. The summed E-state index contributed by atoms with van der Waals surface area (Å²) in [6.07, 6.45) is 3.06. The fraction of sp³-hybridized carbons (Fsp3) is 0.533. The molecule has 2 aromatic heterocycles. The smallest absolute Gasteiger partial charge is 0.332 e. The summed E-state index contributed by atoms with van der Waals surface area (Å²) >= 11 is 0. The van der Waals surface area contributed by atoms with E-state index in [4.69, 9.17) is 0 Å². The molecular formula is C15H19N7O2. The first-order valence-corrected chi connectivity index (χ1v) is 7.84. The number of nitrogens with zero attached hydrogens (tertiary/aromatic N) is 6. The van der Waals surface area contributed by atoms with Crippen LogP contribution in [0.3, 0.4) is 0 Å². The molecule has 0 aliphatic carbocycles. The minimum absolute atomic E-state index is 0.0927. The average Bonchev–Trinajstić information content (AvgIpc) is 3.02. The molecule has 0 bridgehead atoms. The first kappa shape index (κ1) is 16.0. The summed E-state index contributed by atoms with van der Waals surface area (Å²) in [5, 5.41) is 20.9. The van der Waals surface area contributed by atoms with Crippen LogP contribution in [0, 0.1) is 11.3 Å². The predicted molar refractivity (Wildman–Crippen MR) is 86.6 cm³/mol. The predicted octanol–water partition coefficient (Wildman–Crippen LogP) is 0.0566. The molecule has 3 heterocycles. The molecule has 0 radical (unpaired) electrons. The van der Waals surface area contributed by atoms with Gasteiger partial charge in [0, 0.05) is 27.1 Å². The van der Waals surface area contributed by atoms with E-state index in [2.05, 4.69) is 20.1 Å². The van der Waals surface area contributed by atoms with Crippen LogP contribution in [0.1, 0.15) is 43.0 Å². The number of aryl methyl sites for hydroxylation is 1. The molecular weight excluding hydrogens is 310 g/mol. The topological polar surface area (TPSA) is 111 Å². The molecule has 1 unspecified atom stereocenters. The van der Waals surface area contributed by atoms with Gasteiger partial charge in [-0.15, -0.1) is 10.2 Å². The van der Waals surface area contributed by atoms with Crippen molar-refractivity contribution in [3.8, 4) is 6.07 Å². The Bertz CT molecular complexity index is 944. The summed E-state index contributed by atoms with van der Waals surface area (Å²) in [4.78, 5) is 24.3. The van der Waals surface area contributed by atoms with Crippen molar-refractivity contribution in [3.63, 3.8) is 0 Å². The number of nitrogens with one attached hydrogen (secondary N) is 1. The highest BCUT2D eigenvalue weighted by atomic mass is 16.2. The van der Waals surface area contributed by atoms with Gasteiger partial charge in [0.05, 0.1) is 6.04 Å². The molecule has 0 aromatic carbocycles. The number of anilines is 1. The van der Waals surface area contributed by atoms with E-state index in [1.807, 2.05) is 13.0 Å². The lowest BCUT2D eigenvalue weighted by atomic mass is 10.1. The molecule has 1 aliphatic heterocycles. The van der Waals surface area contributed by atoms with Crippen LogP contribution in [0.4, 0.5) is 5.82 Å². The molecule has 9 heteroatoms. The summed E-state index contributed by atoms with van der Waals surface area (Å²) in [5.41, 5.74) is -1.19. The molecule has 24 heavy (non-hydrogen) atoms. The number of fused-ring (bicyclic) bond motifs is 1. The largest absolute Gasteiger partial charge is 0.360 e. The normalized spacial score (nSPS) is 14.8. The fourth-order valence-corrected chi connectivity index (χ4v) is 3.03. The van der Waals surface area contributed by atoms with Crippen LogP contribution in [0.2, 0.25) is 0 Å². The average molecular weight is 329 g/mol. The highest BCUT2D eigenvalue weighted by Gasteiger charge is 2.23. The minimum atomic E-state index is -0.612. The molecule has 0 spiro atoms. The number of rotatable bonds is 3. The van der Waals surface area contributed by atoms with Crippen molar-refractivity contribution < 1.29 is 0 Å². The molecule has 0 amide bonds. The Morgan fingerprint density at radius 1 is 1.21 bits per heavy atom. The van der Waals surface area contributed by atoms with E-state index >= 15 is 0 Å². The maximum absolute atomic E-state index is 12.1. The third-order valence-corrected chi connectivity index (χ3v) is 4.41. The van der Waals surface area contributed by atoms with Gasteiger partial charge in [-0.1, -0.05) is 0 Å². The Morgan fingerprint density at radius 2 is 1.96 bits per heavy atom. The molecule has 126 valence electrons. The minimum Gasteiger partial charge on any atom is -0.360 e. The number of nitriles is 1. The SMILES string of the molecule is CC(Nc1c(C#N)c(=O)n(C)c(=O)n1C)c1nnc2n1CCCC2. The van der Waals surface area contributed by atoms with Gasteiger partial charge in [-0.05, 0) is 19.8 Å². The van der Waals surface area contributed by atoms with Crippen molar-refractivity contribution >= 4 is 5.82 Å². The standard InChI is InChI=1S/C15H19N7O2/c1-9(12-19-18-11-6-4-5-7-22(11)12)17-13-10(8-16)14(23)21(3)15(24)20(13)2/h9,17H,4-7H2,1-3H3. The third kappa shape index (κ3) is 2.40. The lowest BCUT2D eigenvalue weighted by Crippen LogP contribution is -2.40. The second-order valence-corrected chi connectivity index (χ2v) is 5.99. The van der Waals surface area contributed by atoms with Gasteiger partial charge >= 0.3 is 5.69 Å². The van der Waals surface area contributed by atoms with Crippen LogP contribution in [0.15, 0.2) is 9.59 Å². The Kier molecular flexibility index (Phi) is 3.97. The summed E-state index contributed by atoms with van der Waals surface area (Å²) < 4.78 is 4.25.